The Hall–Kier alpha value is 0.0400. The van der Waals surface area contributed by atoms with E-state index in [1.165, 1.54) is 22.1 Å². The molecule has 1 heterocycles. The average molecular weight is 322 g/mol. The molecule has 1 aromatic carbocycles. The van der Waals surface area contributed by atoms with Gasteiger partial charge in [0.1, 0.15) is 0 Å². The topological polar surface area (TPSA) is 3.24 Å². The van der Waals surface area contributed by atoms with Gasteiger partial charge in [0.05, 0.1) is 10.7 Å². The SMILES string of the molecule is CC1CCCN1c1ccc(I)cc1Cl. The Morgan fingerprint density at radius 3 is 2.86 bits per heavy atom. The fourth-order valence-electron chi connectivity index (χ4n) is 2.01. The van der Waals surface area contributed by atoms with Crippen molar-refractivity contribution < 1.29 is 0 Å². The Morgan fingerprint density at radius 2 is 2.29 bits per heavy atom. The fourth-order valence-corrected chi connectivity index (χ4v) is 2.97. The normalized spacial score (nSPS) is 21.6. The van der Waals surface area contributed by atoms with E-state index in [2.05, 4.69) is 46.5 Å². The van der Waals surface area contributed by atoms with E-state index >= 15 is 0 Å². The van der Waals surface area contributed by atoms with Gasteiger partial charge in [0, 0.05) is 16.2 Å². The number of benzene rings is 1. The minimum Gasteiger partial charge on any atom is -0.368 e. The molecule has 1 aliphatic rings. The van der Waals surface area contributed by atoms with Crippen LogP contribution in [0.15, 0.2) is 18.2 Å². The van der Waals surface area contributed by atoms with Gasteiger partial charge in [0.25, 0.3) is 0 Å². The van der Waals surface area contributed by atoms with E-state index in [4.69, 9.17) is 11.6 Å². The summed E-state index contributed by atoms with van der Waals surface area (Å²) in [6, 6.07) is 6.91. The van der Waals surface area contributed by atoms with Gasteiger partial charge < -0.3 is 4.90 Å². The van der Waals surface area contributed by atoms with Crippen molar-refractivity contribution >= 4 is 39.9 Å². The molecule has 0 aromatic heterocycles. The minimum absolute atomic E-state index is 0.632. The second-order valence-electron chi connectivity index (χ2n) is 3.78. The molecular formula is C11H13ClIN. The van der Waals surface area contributed by atoms with Gasteiger partial charge in [0.15, 0.2) is 0 Å². The molecule has 0 spiro atoms. The van der Waals surface area contributed by atoms with E-state index in [0.29, 0.717) is 6.04 Å². The van der Waals surface area contributed by atoms with Crippen molar-refractivity contribution in [1.29, 1.82) is 0 Å². The lowest BCUT2D eigenvalue weighted by atomic mass is 10.2. The van der Waals surface area contributed by atoms with Crippen LogP contribution in [-0.4, -0.2) is 12.6 Å². The summed E-state index contributed by atoms with van der Waals surface area (Å²) in [6.45, 7) is 3.41. The van der Waals surface area contributed by atoms with Crippen LogP contribution >= 0.6 is 34.2 Å². The van der Waals surface area contributed by atoms with Crippen LogP contribution in [0.2, 0.25) is 5.02 Å². The van der Waals surface area contributed by atoms with Crippen LogP contribution in [0.25, 0.3) is 0 Å². The van der Waals surface area contributed by atoms with E-state index in [1.54, 1.807) is 0 Å². The zero-order valence-electron chi connectivity index (χ0n) is 8.13. The molecule has 1 aromatic rings. The summed E-state index contributed by atoms with van der Waals surface area (Å²) in [5.41, 5.74) is 1.19. The van der Waals surface area contributed by atoms with Crippen molar-refractivity contribution in [3.8, 4) is 0 Å². The van der Waals surface area contributed by atoms with Gasteiger partial charge in [0.2, 0.25) is 0 Å². The van der Waals surface area contributed by atoms with E-state index in [9.17, 15) is 0 Å². The van der Waals surface area contributed by atoms with Crippen LogP contribution in [0.4, 0.5) is 5.69 Å². The van der Waals surface area contributed by atoms with Crippen molar-refractivity contribution in [2.45, 2.75) is 25.8 Å². The number of hydrogen-bond donors (Lipinski definition) is 0. The number of anilines is 1. The lowest BCUT2D eigenvalue weighted by Crippen LogP contribution is -2.26. The zero-order chi connectivity index (χ0) is 10.1. The zero-order valence-corrected chi connectivity index (χ0v) is 11.0. The second-order valence-corrected chi connectivity index (χ2v) is 5.43. The second kappa shape index (κ2) is 4.27. The van der Waals surface area contributed by atoms with Crippen LogP contribution in [0, 0.1) is 3.57 Å². The highest BCUT2D eigenvalue weighted by Gasteiger charge is 2.21. The highest BCUT2D eigenvalue weighted by atomic mass is 127. The first kappa shape index (κ1) is 10.6. The first-order valence-corrected chi connectivity index (χ1v) is 6.36. The molecule has 76 valence electrons. The highest BCUT2D eigenvalue weighted by Crippen LogP contribution is 2.32. The van der Waals surface area contributed by atoms with Gasteiger partial charge in [-0.25, -0.2) is 0 Å². The molecule has 0 aliphatic carbocycles. The maximum atomic E-state index is 6.23. The van der Waals surface area contributed by atoms with Crippen LogP contribution < -0.4 is 4.90 Å². The first-order valence-electron chi connectivity index (χ1n) is 4.90. The van der Waals surface area contributed by atoms with Gasteiger partial charge in [-0.15, -0.1) is 0 Å². The maximum Gasteiger partial charge on any atom is 0.0650 e. The predicted molar refractivity (Wildman–Crippen MR) is 70.2 cm³/mol. The van der Waals surface area contributed by atoms with Crippen LogP contribution in [0.5, 0.6) is 0 Å². The number of halogens is 2. The molecule has 2 rings (SSSR count). The highest BCUT2D eigenvalue weighted by molar-refractivity contribution is 14.1. The van der Waals surface area contributed by atoms with Crippen molar-refractivity contribution in [3.63, 3.8) is 0 Å². The third-order valence-corrected chi connectivity index (χ3v) is 3.75. The summed E-state index contributed by atoms with van der Waals surface area (Å²) in [4.78, 5) is 2.40. The van der Waals surface area contributed by atoms with Crippen LogP contribution in [0.1, 0.15) is 19.8 Å². The summed E-state index contributed by atoms with van der Waals surface area (Å²) in [7, 11) is 0. The summed E-state index contributed by atoms with van der Waals surface area (Å²) < 4.78 is 1.20. The fraction of sp³-hybridized carbons (Fsp3) is 0.455. The van der Waals surface area contributed by atoms with Crippen molar-refractivity contribution in [3.05, 3.63) is 26.8 Å². The smallest absolute Gasteiger partial charge is 0.0650 e. The standard InChI is InChI=1S/C11H13ClIN/c1-8-3-2-6-14(8)11-5-4-9(13)7-10(11)12/h4-5,7-8H,2-3,6H2,1H3. The third kappa shape index (κ3) is 2.01. The monoisotopic (exact) mass is 321 g/mol. The average Bonchev–Trinajstić information content (AvgIpc) is 2.52. The molecular weight excluding hydrogens is 308 g/mol. The molecule has 0 amide bonds. The van der Waals surface area contributed by atoms with E-state index < -0.39 is 0 Å². The molecule has 1 atom stereocenters. The van der Waals surface area contributed by atoms with Crippen molar-refractivity contribution in [2.24, 2.45) is 0 Å². The quantitative estimate of drug-likeness (QED) is 0.708. The Labute approximate surface area is 104 Å². The summed E-state index contributed by atoms with van der Waals surface area (Å²) in [5, 5.41) is 0.880. The summed E-state index contributed by atoms with van der Waals surface area (Å²) in [5.74, 6) is 0. The number of rotatable bonds is 1. The molecule has 1 saturated heterocycles. The molecule has 1 aliphatic heterocycles. The third-order valence-electron chi connectivity index (χ3n) is 2.77. The van der Waals surface area contributed by atoms with E-state index in [0.717, 1.165) is 11.6 Å². The maximum absolute atomic E-state index is 6.23. The molecule has 0 N–H and O–H groups in total. The number of hydrogen-bond acceptors (Lipinski definition) is 1. The largest absolute Gasteiger partial charge is 0.368 e. The Morgan fingerprint density at radius 1 is 1.50 bits per heavy atom. The molecule has 1 nitrogen and oxygen atoms in total. The van der Waals surface area contributed by atoms with Crippen LogP contribution in [-0.2, 0) is 0 Å². The Balaban J connectivity index is 2.31. The molecule has 1 unspecified atom stereocenters. The van der Waals surface area contributed by atoms with E-state index in [1.807, 2.05) is 6.07 Å². The molecule has 0 saturated carbocycles. The lowest BCUT2D eigenvalue weighted by Gasteiger charge is -2.24. The number of nitrogens with zero attached hydrogens (tertiary/aromatic N) is 1. The Kier molecular flexibility index (Phi) is 3.22. The Bertz CT molecular complexity index is 340. The van der Waals surface area contributed by atoms with Gasteiger partial charge >= 0.3 is 0 Å². The van der Waals surface area contributed by atoms with Gasteiger partial charge in [-0.05, 0) is 60.6 Å². The van der Waals surface area contributed by atoms with E-state index in [-0.39, 0.29) is 0 Å². The molecule has 3 heteroatoms. The van der Waals surface area contributed by atoms with Crippen molar-refractivity contribution in [1.82, 2.24) is 0 Å². The van der Waals surface area contributed by atoms with Crippen molar-refractivity contribution in [2.75, 3.05) is 11.4 Å². The minimum atomic E-state index is 0.632. The van der Waals surface area contributed by atoms with Gasteiger partial charge in [-0.1, -0.05) is 11.6 Å². The molecule has 0 radical (unpaired) electrons. The molecule has 14 heavy (non-hydrogen) atoms. The molecule has 1 fully saturated rings. The summed E-state index contributed by atoms with van der Waals surface area (Å²) in [6.07, 6.45) is 2.56. The predicted octanol–water partition coefficient (Wildman–Crippen LogP) is 3.93. The van der Waals surface area contributed by atoms with Crippen LogP contribution in [0.3, 0.4) is 0 Å². The van der Waals surface area contributed by atoms with Gasteiger partial charge in [-0.3, -0.25) is 0 Å². The van der Waals surface area contributed by atoms with Gasteiger partial charge in [-0.2, -0.15) is 0 Å². The summed E-state index contributed by atoms with van der Waals surface area (Å²) >= 11 is 8.52. The lowest BCUT2D eigenvalue weighted by molar-refractivity contribution is 0.735. The molecule has 0 bridgehead atoms. The first-order chi connectivity index (χ1) is 6.68.